The second-order valence-electron chi connectivity index (χ2n) is 8.96. The largest absolute Gasteiger partial charge is 0.418 e. The maximum atomic E-state index is 13.3. The number of hydrogen-bond acceptors (Lipinski definition) is 7. The smallest absolute Gasteiger partial charge is 0.378 e. The summed E-state index contributed by atoms with van der Waals surface area (Å²) in [5.41, 5.74) is 0.873. The number of rotatable bonds is 5. The number of carbonyl (C=O) groups excluding carboxylic acids is 1. The number of para-hydroxylation sites is 1. The molecular weight excluding hydrogens is 499 g/mol. The molecule has 2 aromatic carbocycles. The number of aromatic nitrogens is 2. The molecule has 0 radical (unpaired) electrons. The molecule has 200 valence electrons. The first kappa shape index (κ1) is 25.6. The highest BCUT2D eigenvalue weighted by atomic mass is 19.4. The first-order chi connectivity index (χ1) is 18.4. The molecule has 2 aliphatic heterocycles. The third-order valence-corrected chi connectivity index (χ3v) is 6.51. The minimum atomic E-state index is -4.55. The number of anilines is 5. The zero-order valence-electron chi connectivity index (χ0n) is 20.6. The van der Waals surface area contributed by atoms with Crippen molar-refractivity contribution < 1.29 is 22.7 Å². The van der Waals surface area contributed by atoms with E-state index < -0.39 is 17.8 Å². The van der Waals surface area contributed by atoms with Crippen molar-refractivity contribution in [2.45, 2.75) is 6.18 Å². The van der Waals surface area contributed by atoms with Crippen LogP contribution in [-0.4, -0.2) is 73.4 Å². The minimum Gasteiger partial charge on any atom is -0.378 e. The topological polar surface area (TPSA) is 85.9 Å². The molecule has 0 spiro atoms. The van der Waals surface area contributed by atoms with Crippen molar-refractivity contribution in [3.63, 3.8) is 0 Å². The Hall–Kier alpha value is -4.06. The molecule has 2 N–H and O–H groups in total. The van der Waals surface area contributed by atoms with Crippen LogP contribution in [0, 0.1) is 0 Å². The first-order valence-corrected chi connectivity index (χ1v) is 12.4. The van der Waals surface area contributed by atoms with Gasteiger partial charge in [0.2, 0.25) is 5.95 Å². The van der Waals surface area contributed by atoms with Gasteiger partial charge in [0.05, 0.1) is 24.5 Å². The van der Waals surface area contributed by atoms with Gasteiger partial charge in [0, 0.05) is 56.8 Å². The van der Waals surface area contributed by atoms with E-state index in [-0.39, 0.29) is 5.69 Å². The summed E-state index contributed by atoms with van der Waals surface area (Å²) in [5, 5.41) is 5.63. The van der Waals surface area contributed by atoms with E-state index in [0.717, 1.165) is 43.7 Å². The van der Waals surface area contributed by atoms with E-state index in [4.69, 9.17) is 4.74 Å². The summed E-state index contributed by atoms with van der Waals surface area (Å²) in [5.74, 6) is 1.15. The number of hydrogen-bond donors (Lipinski definition) is 2. The van der Waals surface area contributed by atoms with Gasteiger partial charge in [0.25, 0.3) is 0 Å². The number of benzene rings is 2. The Morgan fingerprint density at radius 3 is 2.29 bits per heavy atom. The molecule has 0 saturated carbocycles. The van der Waals surface area contributed by atoms with Gasteiger partial charge in [-0.05, 0) is 42.5 Å². The average Bonchev–Trinajstić information content (AvgIpc) is 2.94. The molecule has 0 aliphatic carbocycles. The van der Waals surface area contributed by atoms with Crippen molar-refractivity contribution in [1.29, 1.82) is 0 Å². The van der Waals surface area contributed by atoms with Gasteiger partial charge in [-0.25, -0.2) is 9.78 Å². The van der Waals surface area contributed by atoms with Crippen LogP contribution in [0.25, 0.3) is 0 Å². The van der Waals surface area contributed by atoms with Crippen LogP contribution >= 0.6 is 0 Å². The number of amides is 2. The zero-order chi connectivity index (χ0) is 26.5. The first-order valence-electron chi connectivity index (χ1n) is 12.4. The van der Waals surface area contributed by atoms with Gasteiger partial charge in [-0.1, -0.05) is 12.1 Å². The van der Waals surface area contributed by atoms with Gasteiger partial charge >= 0.3 is 12.2 Å². The number of ether oxygens (including phenoxy) is 1. The second-order valence-corrected chi connectivity index (χ2v) is 8.96. The predicted molar refractivity (Wildman–Crippen MR) is 139 cm³/mol. The molecule has 12 heteroatoms. The van der Waals surface area contributed by atoms with Crippen LogP contribution in [0.15, 0.2) is 60.8 Å². The highest BCUT2D eigenvalue weighted by molar-refractivity contribution is 5.90. The molecule has 2 fully saturated rings. The maximum Gasteiger partial charge on any atom is 0.418 e. The van der Waals surface area contributed by atoms with Crippen LogP contribution in [0.4, 0.5) is 46.8 Å². The van der Waals surface area contributed by atoms with Crippen molar-refractivity contribution >= 4 is 34.9 Å². The number of alkyl halides is 3. The van der Waals surface area contributed by atoms with Crippen molar-refractivity contribution in [3.8, 4) is 0 Å². The lowest BCUT2D eigenvalue weighted by Crippen LogP contribution is -2.50. The van der Waals surface area contributed by atoms with E-state index >= 15 is 0 Å². The molecule has 2 aliphatic rings. The summed E-state index contributed by atoms with van der Waals surface area (Å²) in [7, 11) is 0. The lowest BCUT2D eigenvalue weighted by molar-refractivity contribution is -0.136. The van der Waals surface area contributed by atoms with Gasteiger partial charge in [0.1, 0.15) is 5.82 Å². The van der Waals surface area contributed by atoms with Gasteiger partial charge in [-0.15, -0.1) is 0 Å². The van der Waals surface area contributed by atoms with Gasteiger partial charge in [-0.3, -0.25) is 0 Å². The third-order valence-electron chi connectivity index (χ3n) is 6.51. The van der Waals surface area contributed by atoms with Crippen LogP contribution in [-0.2, 0) is 10.9 Å². The molecule has 9 nitrogen and oxygen atoms in total. The van der Waals surface area contributed by atoms with E-state index in [2.05, 4.69) is 37.6 Å². The Labute approximate surface area is 218 Å². The summed E-state index contributed by atoms with van der Waals surface area (Å²) in [6.45, 7) is 4.85. The molecule has 2 saturated heterocycles. The van der Waals surface area contributed by atoms with Crippen LogP contribution in [0.3, 0.4) is 0 Å². The van der Waals surface area contributed by atoms with Gasteiger partial charge in [-0.2, -0.15) is 18.2 Å². The average molecular weight is 528 g/mol. The van der Waals surface area contributed by atoms with E-state index in [9.17, 15) is 18.0 Å². The number of urea groups is 1. The molecule has 0 atom stereocenters. The fourth-order valence-electron chi connectivity index (χ4n) is 4.46. The monoisotopic (exact) mass is 527 g/mol. The molecule has 1 aromatic heterocycles. The van der Waals surface area contributed by atoms with Gasteiger partial charge in [0.15, 0.2) is 0 Å². The molecule has 0 unspecified atom stereocenters. The van der Waals surface area contributed by atoms with E-state index in [1.807, 2.05) is 17.0 Å². The standard InChI is InChI=1S/C26H28F3N7O2/c27-26(28,29)21-3-1-2-4-22(21)32-25(37)36-13-11-35(12-14-36)23-9-10-30-24(33-23)31-19-5-7-20(8-6-19)34-15-17-38-18-16-34/h1-10H,11-18H2,(H,32,37)(H,30,31,33). The Morgan fingerprint density at radius 1 is 0.868 bits per heavy atom. The highest BCUT2D eigenvalue weighted by Gasteiger charge is 2.34. The third kappa shape index (κ3) is 6.08. The summed E-state index contributed by atoms with van der Waals surface area (Å²) < 4.78 is 45.2. The number of carbonyl (C=O) groups is 1. The number of nitrogens with zero attached hydrogens (tertiary/aromatic N) is 5. The molecule has 3 heterocycles. The van der Waals surface area contributed by atoms with Crippen molar-refractivity contribution in [1.82, 2.24) is 14.9 Å². The number of piperazine rings is 1. The van der Waals surface area contributed by atoms with Crippen LogP contribution in [0.5, 0.6) is 0 Å². The van der Waals surface area contributed by atoms with E-state index in [1.54, 1.807) is 12.3 Å². The zero-order valence-corrected chi connectivity index (χ0v) is 20.6. The van der Waals surface area contributed by atoms with Gasteiger partial charge < -0.3 is 30.1 Å². The lowest BCUT2D eigenvalue weighted by atomic mass is 10.1. The second kappa shape index (κ2) is 11.1. The number of morpholine rings is 1. The van der Waals surface area contributed by atoms with E-state index in [1.165, 1.54) is 23.1 Å². The Morgan fingerprint density at radius 2 is 1.58 bits per heavy atom. The van der Waals surface area contributed by atoms with Crippen molar-refractivity contribution in [3.05, 3.63) is 66.4 Å². The summed E-state index contributed by atoms with van der Waals surface area (Å²) >= 11 is 0. The van der Waals surface area contributed by atoms with Crippen LogP contribution in [0.1, 0.15) is 5.56 Å². The minimum absolute atomic E-state index is 0.253. The molecule has 3 aromatic rings. The quantitative estimate of drug-likeness (QED) is 0.508. The Balaban J connectivity index is 1.16. The Kier molecular flexibility index (Phi) is 7.50. The molecule has 5 rings (SSSR count). The van der Waals surface area contributed by atoms with Crippen molar-refractivity contribution in [2.75, 3.05) is 72.9 Å². The van der Waals surface area contributed by atoms with E-state index in [0.29, 0.717) is 37.9 Å². The molecule has 38 heavy (non-hydrogen) atoms. The van der Waals surface area contributed by atoms with Crippen LogP contribution < -0.4 is 20.4 Å². The summed E-state index contributed by atoms with van der Waals surface area (Å²) in [6, 6.07) is 14.3. The molecular formula is C26H28F3N7O2. The SMILES string of the molecule is O=C(Nc1ccccc1C(F)(F)F)N1CCN(c2ccnc(Nc3ccc(N4CCOCC4)cc3)n2)CC1. The predicted octanol–water partition coefficient (Wildman–Crippen LogP) is 4.43. The molecule has 0 bridgehead atoms. The normalized spacial score (nSPS) is 16.3. The Bertz CT molecular complexity index is 1240. The highest BCUT2D eigenvalue weighted by Crippen LogP contribution is 2.34. The van der Waals surface area contributed by atoms with Crippen LogP contribution in [0.2, 0.25) is 0 Å². The number of halogens is 3. The summed E-state index contributed by atoms with van der Waals surface area (Å²) in [4.78, 5) is 27.4. The lowest BCUT2D eigenvalue weighted by Gasteiger charge is -2.35. The fourth-order valence-corrected chi connectivity index (χ4v) is 4.46. The number of nitrogens with one attached hydrogen (secondary N) is 2. The molecule has 2 amide bonds. The summed E-state index contributed by atoms with van der Waals surface area (Å²) in [6.07, 6.45) is -2.88. The maximum absolute atomic E-state index is 13.3. The van der Waals surface area contributed by atoms with Crippen molar-refractivity contribution in [2.24, 2.45) is 0 Å². The fraction of sp³-hybridized carbons (Fsp3) is 0.346.